The Kier molecular flexibility index (Phi) is 7.18. The van der Waals surface area contributed by atoms with E-state index in [4.69, 9.17) is 18.0 Å². The van der Waals surface area contributed by atoms with Crippen LogP contribution in [0, 0.1) is 6.92 Å². The Balaban J connectivity index is 2.44. The number of unbranched alkanes of at least 4 members (excludes halogenated alkanes) is 1. The highest BCUT2D eigenvalue weighted by Gasteiger charge is 2.21. The van der Waals surface area contributed by atoms with Crippen molar-refractivity contribution in [3.05, 3.63) is 50.7 Å². The molecule has 2 aromatic rings. The zero-order valence-electron chi connectivity index (χ0n) is 16.0. The van der Waals surface area contributed by atoms with Crippen LogP contribution in [-0.4, -0.2) is 21.2 Å². The summed E-state index contributed by atoms with van der Waals surface area (Å²) in [5.41, 5.74) is 7.32. The van der Waals surface area contributed by atoms with Gasteiger partial charge in [0.1, 0.15) is 5.82 Å². The molecule has 146 valence electrons. The Morgan fingerprint density at radius 1 is 1.30 bits per heavy atom. The minimum absolute atomic E-state index is 0.138. The Labute approximate surface area is 164 Å². The molecule has 0 aliphatic rings. The molecule has 0 aliphatic carbocycles. The van der Waals surface area contributed by atoms with Gasteiger partial charge < -0.3 is 16.0 Å². The summed E-state index contributed by atoms with van der Waals surface area (Å²) in [5, 5.41) is 3.52. The second-order valence-electron chi connectivity index (χ2n) is 6.45. The Hall–Kier alpha value is -2.61. The van der Waals surface area contributed by atoms with E-state index in [1.807, 2.05) is 45.0 Å². The average molecular weight is 390 g/mol. The van der Waals surface area contributed by atoms with Gasteiger partial charge >= 0.3 is 5.69 Å². The van der Waals surface area contributed by atoms with E-state index in [0.717, 1.165) is 30.5 Å². The molecule has 0 saturated heterocycles. The Morgan fingerprint density at radius 2 is 2.04 bits per heavy atom. The van der Waals surface area contributed by atoms with Gasteiger partial charge in [0.25, 0.3) is 5.56 Å². The number of nitrogen functional groups attached to an aromatic ring is 1. The van der Waals surface area contributed by atoms with Gasteiger partial charge in [0, 0.05) is 18.8 Å². The summed E-state index contributed by atoms with van der Waals surface area (Å²) >= 11 is 5.55. The molecule has 1 heterocycles. The van der Waals surface area contributed by atoms with E-state index in [9.17, 15) is 9.59 Å². The van der Waals surface area contributed by atoms with Crippen LogP contribution in [0.25, 0.3) is 0 Å². The summed E-state index contributed by atoms with van der Waals surface area (Å²) in [4.78, 5) is 28.7. The second-order valence-corrected chi connectivity index (χ2v) is 6.84. The van der Waals surface area contributed by atoms with Crippen molar-refractivity contribution >= 4 is 34.5 Å². The molecule has 0 radical (unpaired) electrons. The van der Waals surface area contributed by atoms with E-state index < -0.39 is 11.2 Å². The van der Waals surface area contributed by atoms with Crippen LogP contribution in [0.1, 0.15) is 38.7 Å². The number of aromatic nitrogens is 2. The number of rotatable bonds is 7. The third-order valence-corrected chi connectivity index (χ3v) is 4.50. The quantitative estimate of drug-likeness (QED) is 0.630. The normalized spacial score (nSPS) is 10.6. The number of H-pyrrole nitrogens is 1. The Bertz CT molecular complexity index is 919. The van der Waals surface area contributed by atoms with Crippen molar-refractivity contribution in [3.63, 3.8) is 0 Å². The van der Waals surface area contributed by atoms with Crippen molar-refractivity contribution in [1.82, 2.24) is 9.55 Å². The van der Waals surface area contributed by atoms with Crippen molar-refractivity contribution in [2.45, 2.75) is 46.6 Å². The first-order valence-electron chi connectivity index (χ1n) is 9.16. The van der Waals surface area contributed by atoms with Crippen molar-refractivity contribution in [3.8, 4) is 0 Å². The molecule has 0 unspecified atom stereocenters. The van der Waals surface area contributed by atoms with Crippen molar-refractivity contribution < 1.29 is 0 Å². The van der Waals surface area contributed by atoms with Crippen molar-refractivity contribution in [2.75, 3.05) is 22.5 Å². The number of aromatic amines is 1. The van der Waals surface area contributed by atoms with E-state index in [-0.39, 0.29) is 11.5 Å². The standard InChI is InChI=1S/C19H27N5O2S/c1-4-6-11-24-16(20)15(17(25)22-18(24)26)23(10-5-2)19(27)21-14-9-7-8-13(3)12-14/h7-9,12H,4-6,10-11,20H2,1-3H3,(H,21,27)(H,22,25,26). The lowest BCUT2D eigenvalue weighted by atomic mass is 10.2. The summed E-state index contributed by atoms with van der Waals surface area (Å²) in [5.74, 6) is 0.138. The van der Waals surface area contributed by atoms with Gasteiger partial charge in [-0.2, -0.15) is 0 Å². The zero-order valence-corrected chi connectivity index (χ0v) is 16.9. The van der Waals surface area contributed by atoms with Gasteiger partial charge in [-0.25, -0.2) is 4.79 Å². The van der Waals surface area contributed by atoms with E-state index in [2.05, 4.69) is 10.3 Å². The third kappa shape index (κ3) is 4.97. The van der Waals surface area contributed by atoms with Gasteiger partial charge in [-0.3, -0.25) is 14.3 Å². The maximum atomic E-state index is 12.5. The van der Waals surface area contributed by atoms with Crippen LogP contribution in [0.4, 0.5) is 17.2 Å². The van der Waals surface area contributed by atoms with Crippen LogP contribution in [0.15, 0.2) is 33.9 Å². The molecule has 4 N–H and O–H groups in total. The van der Waals surface area contributed by atoms with Gasteiger partial charge in [-0.05, 0) is 49.7 Å². The highest BCUT2D eigenvalue weighted by molar-refractivity contribution is 7.80. The molecule has 0 fully saturated rings. The number of benzene rings is 1. The molecule has 0 amide bonds. The molecule has 8 heteroatoms. The fourth-order valence-corrected chi connectivity index (χ4v) is 3.13. The van der Waals surface area contributed by atoms with Crippen LogP contribution in [0.5, 0.6) is 0 Å². The van der Waals surface area contributed by atoms with Gasteiger partial charge in [-0.1, -0.05) is 32.4 Å². The first kappa shape index (κ1) is 20.7. The lowest BCUT2D eigenvalue weighted by molar-refractivity contribution is 0.604. The summed E-state index contributed by atoms with van der Waals surface area (Å²) < 4.78 is 1.40. The molecule has 0 aliphatic heterocycles. The van der Waals surface area contributed by atoms with Crippen molar-refractivity contribution in [1.29, 1.82) is 0 Å². The molecule has 1 aromatic carbocycles. The first-order valence-corrected chi connectivity index (χ1v) is 9.57. The summed E-state index contributed by atoms with van der Waals surface area (Å²) in [6, 6.07) is 7.78. The Morgan fingerprint density at radius 3 is 2.67 bits per heavy atom. The zero-order chi connectivity index (χ0) is 20.0. The SMILES string of the molecule is CCCCn1c(N)c(N(CCC)C(=S)Nc2cccc(C)c2)c(=O)[nH]c1=O. The molecule has 0 saturated carbocycles. The van der Waals surface area contributed by atoms with Gasteiger partial charge in [0.15, 0.2) is 10.8 Å². The predicted octanol–water partition coefficient (Wildman–Crippen LogP) is 2.84. The minimum atomic E-state index is -0.535. The maximum absolute atomic E-state index is 12.5. The molecule has 27 heavy (non-hydrogen) atoms. The fraction of sp³-hybridized carbons (Fsp3) is 0.421. The van der Waals surface area contributed by atoms with E-state index >= 15 is 0 Å². The minimum Gasteiger partial charge on any atom is -0.383 e. The fourth-order valence-electron chi connectivity index (χ4n) is 2.83. The molecular formula is C19H27N5O2S. The van der Waals surface area contributed by atoms with Gasteiger partial charge in [0.2, 0.25) is 0 Å². The largest absolute Gasteiger partial charge is 0.383 e. The smallest absolute Gasteiger partial charge is 0.330 e. The number of hydrogen-bond acceptors (Lipinski definition) is 4. The molecule has 2 rings (SSSR count). The van der Waals surface area contributed by atoms with Crippen LogP contribution < -0.4 is 27.2 Å². The van der Waals surface area contributed by atoms with Gasteiger partial charge in [0.05, 0.1) is 0 Å². The van der Waals surface area contributed by atoms with E-state index in [1.165, 1.54) is 4.57 Å². The highest BCUT2D eigenvalue weighted by atomic mass is 32.1. The van der Waals surface area contributed by atoms with Crippen LogP contribution in [0.3, 0.4) is 0 Å². The monoisotopic (exact) mass is 389 g/mol. The highest BCUT2D eigenvalue weighted by Crippen LogP contribution is 2.20. The number of nitrogens with zero attached hydrogens (tertiary/aromatic N) is 2. The third-order valence-electron chi connectivity index (χ3n) is 4.18. The number of anilines is 3. The molecular weight excluding hydrogens is 362 g/mol. The topological polar surface area (TPSA) is 96.2 Å². The van der Waals surface area contributed by atoms with Crippen LogP contribution in [0.2, 0.25) is 0 Å². The van der Waals surface area contributed by atoms with E-state index in [0.29, 0.717) is 18.2 Å². The van der Waals surface area contributed by atoms with E-state index in [1.54, 1.807) is 4.90 Å². The predicted molar refractivity (Wildman–Crippen MR) is 116 cm³/mol. The van der Waals surface area contributed by atoms with Gasteiger partial charge in [-0.15, -0.1) is 0 Å². The molecule has 0 atom stereocenters. The summed E-state index contributed by atoms with van der Waals surface area (Å²) in [6.07, 6.45) is 2.45. The second kappa shape index (κ2) is 9.36. The lowest BCUT2D eigenvalue weighted by Gasteiger charge is -2.26. The number of thiocarbonyl (C=S) groups is 1. The molecule has 0 spiro atoms. The molecule has 1 aromatic heterocycles. The number of aryl methyl sites for hydroxylation is 1. The van der Waals surface area contributed by atoms with Crippen LogP contribution in [-0.2, 0) is 6.54 Å². The summed E-state index contributed by atoms with van der Waals surface area (Å²) in [6.45, 7) is 6.95. The number of nitrogens with two attached hydrogens (primary N) is 1. The van der Waals surface area contributed by atoms with Crippen LogP contribution >= 0.6 is 12.2 Å². The number of nitrogens with one attached hydrogen (secondary N) is 2. The first-order chi connectivity index (χ1) is 12.9. The average Bonchev–Trinajstić information content (AvgIpc) is 2.60. The van der Waals surface area contributed by atoms with Crippen molar-refractivity contribution in [2.24, 2.45) is 0 Å². The molecule has 0 bridgehead atoms. The lowest BCUT2D eigenvalue weighted by Crippen LogP contribution is -2.43. The maximum Gasteiger partial charge on any atom is 0.330 e. The number of hydrogen-bond donors (Lipinski definition) is 3. The molecule has 7 nitrogen and oxygen atoms in total. The summed E-state index contributed by atoms with van der Waals surface area (Å²) in [7, 11) is 0.